The predicted octanol–water partition coefficient (Wildman–Crippen LogP) is 2.57. The van der Waals surface area contributed by atoms with Gasteiger partial charge in [-0.25, -0.2) is 13.1 Å². The Kier molecular flexibility index (Phi) is 6.94. The zero-order chi connectivity index (χ0) is 22.8. The fraction of sp³-hybridized carbons (Fsp3) is 0.583. The Morgan fingerprint density at radius 3 is 2.61 bits per heavy atom. The van der Waals surface area contributed by atoms with Gasteiger partial charge in [0.15, 0.2) is 0 Å². The molecule has 5 heterocycles. The molecule has 6 rings (SSSR count). The monoisotopic (exact) mass is 490 g/mol. The molecule has 2 aromatic rings. The van der Waals surface area contributed by atoms with Crippen LogP contribution in [-0.4, -0.2) is 83.7 Å². The van der Waals surface area contributed by atoms with Gasteiger partial charge in [-0.05, 0) is 54.8 Å². The van der Waals surface area contributed by atoms with Gasteiger partial charge in [-0.1, -0.05) is 18.2 Å². The fourth-order valence-corrected chi connectivity index (χ4v) is 7.87. The molecule has 0 radical (unpaired) electrons. The number of sulfonamides is 1. The van der Waals surface area contributed by atoms with Crippen LogP contribution in [0.15, 0.2) is 46.0 Å². The summed E-state index contributed by atoms with van der Waals surface area (Å²) >= 11 is 1.27. The first kappa shape index (κ1) is 23.1. The molecule has 4 atom stereocenters. The summed E-state index contributed by atoms with van der Waals surface area (Å²) in [5.74, 6) is 2.32. The second-order valence-corrected chi connectivity index (χ2v) is 12.4. The Hall–Kier alpha value is -1.65. The third-order valence-electron chi connectivity index (χ3n) is 7.57. The molecule has 1 aromatic carbocycles. The third kappa shape index (κ3) is 5.07. The minimum atomic E-state index is -3.38. The van der Waals surface area contributed by atoms with Crippen molar-refractivity contribution in [3.63, 3.8) is 0 Å². The Labute approximate surface area is 201 Å². The van der Waals surface area contributed by atoms with E-state index in [9.17, 15) is 8.42 Å². The van der Waals surface area contributed by atoms with E-state index in [2.05, 4.69) is 31.6 Å². The van der Waals surface area contributed by atoms with Crippen LogP contribution in [0.25, 0.3) is 0 Å². The number of piperidine rings is 3. The molecule has 4 saturated heterocycles. The van der Waals surface area contributed by atoms with Crippen molar-refractivity contribution < 1.29 is 13.2 Å². The standard InChI is InChI=1S/C24H34N4O3S2/c1-31-23-6-3-2-5-22(23)27-12-10-26(11-13-27)17-20-18-28-9-8-19(20)15-21(28)16-25-33(29,30)24-7-4-14-32-24/h2-7,14,19-21,25H,8-13,15-18H2,1H3. The molecule has 180 valence electrons. The molecule has 4 aliphatic rings. The van der Waals surface area contributed by atoms with Crippen LogP contribution in [0.3, 0.4) is 0 Å². The number of anilines is 1. The number of benzene rings is 1. The van der Waals surface area contributed by atoms with Crippen molar-refractivity contribution in [3.05, 3.63) is 41.8 Å². The van der Waals surface area contributed by atoms with Gasteiger partial charge in [0.2, 0.25) is 10.0 Å². The number of nitrogens with zero attached hydrogens (tertiary/aromatic N) is 3. The van der Waals surface area contributed by atoms with Crippen molar-refractivity contribution in [3.8, 4) is 5.75 Å². The maximum atomic E-state index is 12.5. The van der Waals surface area contributed by atoms with E-state index in [1.807, 2.05) is 12.1 Å². The summed E-state index contributed by atoms with van der Waals surface area (Å²) in [5.41, 5.74) is 1.19. The average molecular weight is 491 g/mol. The van der Waals surface area contributed by atoms with E-state index in [1.165, 1.54) is 23.4 Å². The smallest absolute Gasteiger partial charge is 0.250 e. The van der Waals surface area contributed by atoms with Gasteiger partial charge in [0, 0.05) is 51.9 Å². The predicted molar refractivity (Wildman–Crippen MR) is 133 cm³/mol. The zero-order valence-corrected chi connectivity index (χ0v) is 20.9. The summed E-state index contributed by atoms with van der Waals surface area (Å²) in [4.78, 5) is 7.57. The minimum absolute atomic E-state index is 0.317. The lowest BCUT2D eigenvalue weighted by Gasteiger charge is -2.51. The summed E-state index contributed by atoms with van der Waals surface area (Å²) in [6.07, 6.45) is 2.33. The third-order valence-corrected chi connectivity index (χ3v) is 10.4. The van der Waals surface area contributed by atoms with Gasteiger partial charge in [0.25, 0.3) is 0 Å². The lowest BCUT2D eigenvalue weighted by molar-refractivity contribution is -0.0107. The second-order valence-electron chi connectivity index (χ2n) is 9.44. The topological polar surface area (TPSA) is 65.1 Å². The molecular formula is C24H34N4O3S2. The van der Waals surface area contributed by atoms with E-state index in [0.29, 0.717) is 28.6 Å². The molecule has 0 saturated carbocycles. The van der Waals surface area contributed by atoms with Crippen molar-refractivity contribution in [1.82, 2.24) is 14.5 Å². The normalized spacial score (nSPS) is 28.2. The lowest BCUT2D eigenvalue weighted by Crippen LogP contribution is -2.59. The van der Waals surface area contributed by atoms with Gasteiger partial charge in [0.1, 0.15) is 9.96 Å². The molecule has 4 fully saturated rings. The molecule has 1 N–H and O–H groups in total. The van der Waals surface area contributed by atoms with Crippen molar-refractivity contribution in [1.29, 1.82) is 0 Å². The second kappa shape index (κ2) is 9.92. The number of ether oxygens (including phenoxy) is 1. The number of thiophene rings is 1. The van der Waals surface area contributed by atoms with Gasteiger partial charge < -0.3 is 9.64 Å². The molecule has 2 bridgehead atoms. The first-order valence-corrected chi connectivity index (χ1v) is 14.3. The highest BCUT2D eigenvalue weighted by Gasteiger charge is 2.41. The lowest BCUT2D eigenvalue weighted by atomic mass is 9.75. The van der Waals surface area contributed by atoms with Crippen molar-refractivity contribution >= 4 is 27.0 Å². The summed E-state index contributed by atoms with van der Waals surface area (Å²) < 4.78 is 33.8. The Morgan fingerprint density at radius 1 is 1.09 bits per heavy atom. The molecule has 0 amide bonds. The maximum absolute atomic E-state index is 12.5. The number of fused-ring (bicyclic) bond motifs is 3. The summed E-state index contributed by atoms with van der Waals surface area (Å²) in [5, 5.41) is 1.81. The van der Waals surface area contributed by atoms with Gasteiger partial charge in [-0.15, -0.1) is 11.3 Å². The number of para-hydroxylation sites is 2. The largest absolute Gasteiger partial charge is 0.495 e. The fourth-order valence-electron chi connectivity index (χ4n) is 5.76. The van der Waals surface area contributed by atoms with Crippen LogP contribution in [0.1, 0.15) is 12.8 Å². The zero-order valence-electron chi connectivity index (χ0n) is 19.2. The van der Waals surface area contributed by atoms with E-state index >= 15 is 0 Å². The van der Waals surface area contributed by atoms with Crippen LogP contribution in [0.2, 0.25) is 0 Å². The van der Waals surface area contributed by atoms with E-state index < -0.39 is 10.0 Å². The van der Waals surface area contributed by atoms with Crippen LogP contribution in [0.5, 0.6) is 5.75 Å². The molecule has 33 heavy (non-hydrogen) atoms. The highest BCUT2D eigenvalue weighted by atomic mass is 32.2. The van der Waals surface area contributed by atoms with Crippen LogP contribution < -0.4 is 14.4 Å². The molecule has 1 aromatic heterocycles. The first-order valence-electron chi connectivity index (χ1n) is 11.9. The Bertz CT molecular complexity index is 1020. The maximum Gasteiger partial charge on any atom is 0.250 e. The molecule has 0 spiro atoms. The molecule has 0 aliphatic carbocycles. The van der Waals surface area contributed by atoms with Crippen LogP contribution >= 0.6 is 11.3 Å². The van der Waals surface area contributed by atoms with Gasteiger partial charge in [0.05, 0.1) is 12.8 Å². The van der Waals surface area contributed by atoms with E-state index in [4.69, 9.17) is 4.74 Å². The highest BCUT2D eigenvalue weighted by molar-refractivity contribution is 7.91. The van der Waals surface area contributed by atoms with Gasteiger partial charge >= 0.3 is 0 Å². The van der Waals surface area contributed by atoms with Crippen LogP contribution in [0, 0.1) is 11.8 Å². The Morgan fingerprint density at radius 2 is 1.91 bits per heavy atom. The summed E-state index contributed by atoms with van der Waals surface area (Å²) in [6.45, 7) is 8.03. The highest BCUT2D eigenvalue weighted by Crippen LogP contribution is 2.37. The van der Waals surface area contributed by atoms with Crippen molar-refractivity contribution in [2.75, 3.05) is 64.4 Å². The molecule has 9 heteroatoms. The number of hydrogen-bond donors (Lipinski definition) is 1. The summed E-state index contributed by atoms with van der Waals surface area (Å²) in [6, 6.07) is 12.1. The quantitative estimate of drug-likeness (QED) is 0.614. The van der Waals surface area contributed by atoms with E-state index in [-0.39, 0.29) is 0 Å². The number of methoxy groups -OCH3 is 1. The average Bonchev–Trinajstić information content (AvgIpc) is 3.40. The molecule has 7 nitrogen and oxygen atoms in total. The SMILES string of the molecule is COc1ccccc1N1CCN(CC2CN3CCC2CC3CNS(=O)(=O)c2cccs2)CC1. The molecular weight excluding hydrogens is 456 g/mol. The van der Waals surface area contributed by atoms with Crippen LogP contribution in [-0.2, 0) is 10.0 Å². The molecule has 4 unspecified atom stereocenters. The first-order chi connectivity index (χ1) is 16.0. The minimum Gasteiger partial charge on any atom is -0.495 e. The van der Waals surface area contributed by atoms with Crippen molar-refractivity contribution in [2.24, 2.45) is 11.8 Å². The summed E-state index contributed by atoms with van der Waals surface area (Å²) in [7, 11) is -1.64. The molecule has 4 aliphatic heterocycles. The van der Waals surface area contributed by atoms with Crippen molar-refractivity contribution in [2.45, 2.75) is 23.1 Å². The number of rotatable bonds is 8. The Balaban J connectivity index is 1.11. The number of nitrogens with one attached hydrogen (secondary N) is 1. The van der Waals surface area contributed by atoms with E-state index in [0.717, 1.165) is 58.0 Å². The van der Waals surface area contributed by atoms with Gasteiger partial charge in [-0.2, -0.15) is 0 Å². The number of hydrogen-bond acceptors (Lipinski definition) is 7. The van der Waals surface area contributed by atoms with Crippen LogP contribution in [0.4, 0.5) is 5.69 Å². The number of piperazine rings is 1. The van der Waals surface area contributed by atoms with Gasteiger partial charge in [-0.3, -0.25) is 9.80 Å². The van der Waals surface area contributed by atoms with E-state index in [1.54, 1.807) is 24.6 Å².